The Kier molecular flexibility index (Phi) is 4.32. The van der Waals surface area contributed by atoms with Crippen molar-refractivity contribution >= 4 is 5.91 Å². The van der Waals surface area contributed by atoms with Crippen molar-refractivity contribution in [2.24, 2.45) is 0 Å². The summed E-state index contributed by atoms with van der Waals surface area (Å²) < 4.78 is 28.8. The van der Waals surface area contributed by atoms with Crippen LogP contribution in [0.15, 0.2) is 42.5 Å². The second kappa shape index (κ2) is 6.56. The van der Waals surface area contributed by atoms with Gasteiger partial charge in [0.2, 0.25) is 6.79 Å². The van der Waals surface area contributed by atoms with E-state index in [4.69, 9.17) is 14.2 Å². The second-order valence-corrected chi connectivity index (χ2v) is 5.10. The summed E-state index contributed by atoms with van der Waals surface area (Å²) in [5, 5.41) is 0. The first kappa shape index (κ1) is 15.1. The molecule has 1 aliphatic rings. The third-order valence-electron chi connectivity index (χ3n) is 3.48. The molecule has 1 aliphatic heterocycles. The van der Waals surface area contributed by atoms with Crippen molar-refractivity contribution in [3.63, 3.8) is 0 Å². The van der Waals surface area contributed by atoms with Crippen molar-refractivity contribution in [2.45, 2.75) is 0 Å². The highest BCUT2D eigenvalue weighted by Gasteiger charge is 2.18. The molecule has 0 bridgehead atoms. The lowest BCUT2D eigenvalue weighted by molar-refractivity contribution is 0.0773. The van der Waals surface area contributed by atoms with Crippen molar-refractivity contribution in [3.8, 4) is 17.2 Å². The highest BCUT2D eigenvalue weighted by molar-refractivity contribution is 5.94. The number of amides is 1. The van der Waals surface area contributed by atoms with Crippen LogP contribution in [-0.4, -0.2) is 37.8 Å². The Balaban J connectivity index is 1.54. The molecule has 2 aromatic rings. The van der Waals surface area contributed by atoms with E-state index in [9.17, 15) is 9.18 Å². The van der Waals surface area contributed by atoms with Crippen molar-refractivity contribution in [2.75, 3.05) is 27.0 Å². The zero-order valence-corrected chi connectivity index (χ0v) is 12.6. The van der Waals surface area contributed by atoms with Gasteiger partial charge in [-0.25, -0.2) is 4.39 Å². The molecule has 0 saturated heterocycles. The van der Waals surface area contributed by atoms with Crippen LogP contribution in [0.1, 0.15) is 10.4 Å². The zero-order valence-electron chi connectivity index (χ0n) is 12.6. The van der Waals surface area contributed by atoms with Gasteiger partial charge in [0.1, 0.15) is 18.2 Å². The highest BCUT2D eigenvalue weighted by Crippen LogP contribution is 2.32. The first-order chi connectivity index (χ1) is 11.1. The molecule has 0 aromatic heterocycles. The van der Waals surface area contributed by atoms with Gasteiger partial charge in [-0.1, -0.05) is 0 Å². The van der Waals surface area contributed by atoms with Crippen LogP contribution in [-0.2, 0) is 0 Å². The number of carbonyl (C=O) groups is 1. The minimum atomic E-state index is -0.313. The maximum atomic E-state index is 12.8. The van der Waals surface area contributed by atoms with Gasteiger partial charge in [0.25, 0.3) is 5.91 Å². The Bertz CT molecular complexity index is 702. The molecule has 2 aromatic carbocycles. The summed E-state index contributed by atoms with van der Waals surface area (Å²) in [4.78, 5) is 13.9. The number of rotatable bonds is 5. The normalized spacial score (nSPS) is 12.1. The average Bonchev–Trinajstić information content (AvgIpc) is 3.03. The monoisotopic (exact) mass is 317 g/mol. The highest BCUT2D eigenvalue weighted by atomic mass is 19.1. The molecule has 0 N–H and O–H groups in total. The maximum Gasteiger partial charge on any atom is 0.253 e. The topological polar surface area (TPSA) is 48.0 Å². The zero-order chi connectivity index (χ0) is 16.2. The van der Waals surface area contributed by atoms with E-state index < -0.39 is 0 Å². The smallest absolute Gasteiger partial charge is 0.253 e. The van der Waals surface area contributed by atoms with E-state index >= 15 is 0 Å². The predicted octanol–water partition coefficient (Wildman–Crippen LogP) is 2.71. The average molecular weight is 317 g/mol. The predicted molar refractivity (Wildman–Crippen MR) is 81.4 cm³/mol. The molecule has 5 nitrogen and oxygen atoms in total. The molecule has 120 valence electrons. The Labute approximate surface area is 133 Å². The molecule has 0 unspecified atom stereocenters. The molecule has 0 fully saturated rings. The summed E-state index contributed by atoms with van der Waals surface area (Å²) in [6, 6.07) is 10.9. The minimum absolute atomic E-state index is 0.133. The van der Waals surface area contributed by atoms with Crippen molar-refractivity contribution in [3.05, 3.63) is 53.8 Å². The third-order valence-corrected chi connectivity index (χ3v) is 3.48. The number of likely N-dealkylation sites (N-methyl/N-ethyl adjacent to an activating group) is 1. The van der Waals surface area contributed by atoms with Gasteiger partial charge in [-0.2, -0.15) is 0 Å². The van der Waals surface area contributed by atoms with E-state index in [1.165, 1.54) is 12.1 Å². The molecule has 0 aliphatic carbocycles. The van der Waals surface area contributed by atoms with Crippen LogP contribution in [0.3, 0.4) is 0 Å². The number of nitrogens with zero attached hydrogens (tertiary/aromatic N) is 1. The van der Waals surface area contributed by atoms with Crippen molar-refractivity contribution in [1.29, 1.82) is 0 Å². The number of fused-ring (bicyclic) bond motifs is 1. The van der Waals surface area contributed by atoms with Gasteiger partial charge in [-0.05, 0) is 42.5 Å². The lowest BCUT2D eigenvalue weighted by Crippen LogP contribution is -2.30. The summed E-state index contributed by atoms with van der Waals surface area (Å²) in [5.41, 5.74) is 0.526. The molecule has 23 heavy (non-hydrogen) atoms. The Hall–Kier alpha value is -2.76. The molecule has 0 spiro atoms. The number of halogens is 1. The molecule has 0 saturated carbocycles. The van der Waals surface area contributed by atoms with E-state index in [0.717, 1.165) is 0 Å². The molecule has 6 heteroatoms. The Morgan fingerprint density at radius 2 is 1.91 bits per heavy atom. The van der Waals surface area contributed by atoms with E-state index in [1.54, 1.807) is 42.3 Å². The van der Waals surface area contributed by atoms with Gasteiger partial charge in [0, 0.05) is 12.6 Å². The lowest BCUT2D eigenvalue weighted by Gasteiger charge is -2.17. The fraction of sp³-hybridized carbons (Fsp3) is 0.235. The Morgan fingerprint density at radius 1 is 1.17 bits per heavy atom. The maximum absolute atomic E-state index is 12.8. The molecule has 1 heterocycles. The van der Waals surface area contributed by atoms with Gasteiger partial charge >= 0.3 is 0 Å². The van der Waals surface area contributed by atoms with E-state index in [-0.39, 0.29) is 18.5 Å². The first-order valence-electron chi connectivity index (χ1n) is 7.17. The summed E-state index contributed by atoms with van der Waals surface area (Å²) >= 11 is 0. The molecular formula is C17H16FNO4. The number of benzene rings is 2. The van der Waals surface area contributed by atoms with Gasteiger partial charge in [-0.3, -0.25) is 4.79 Å². The van der Waals surface area contributed by atoms with Crippen LogP contribution in [0.2, 0.25) is 0 Å². The largest absolute Gasteiger partial charge is 0.492 e. The van der Waals surface area contributed by atoms with Gasteiger partial charge in [0.15, 0.2) is 11.5 Å². The second-order valence-electron chi connectivity index (χ2n) is 5.10. The van der Waals surface area contributed by atoms with Crippen LogP contribution in [0.5, 0.6) is 17.2 Å². The van der Waals surface area contributed by atoms with Crippen LogP contribution in [0.25, 0.3) is 0 Å². The number of hydrogen-bond acceptors (Lipinski definition) is 4. The van der Waals surface area contributed by atoms with Crippen LogP contribution in [0, 0.1) is 5.82 Å². The third kappa shape index (κ3) is 3.53. The van der Waals surface area contributed by atoms with Crippen molar-refractivity contribution < 1.29 is 23.4 Å². The summed E-state index contributed by atoms with van der Waals surface area (Å²) in [7, 11) is 1.70. The van der Waals surface area contributed by atoms with E-state index in [1.807, 2.05) is 0 Å². The quantitative estimate of drug-likeness (QED) is 0.851. The van der Waals surface area contributed by atoms with E-state index in [0.29, 0.717) is 36.0 Å². The molecule has 0 radical (unpaired) electrons. The SMILES string of the molecule is CN(CCOc1ccc(F)cc1)C(=O)c1ccc2c(c1)OCO2. The van der Waals surface area contributed by atoms with Crippen LogP contribution < -0.4 is 14.2 Å². The summed E-state index contributed by atoms with van der Waals surface area (Å²) in [6.07, 6.45) is 0. The van der Waals surface area contributed by atoms with Gasteiger partial charge < -0.3 is 19.1 Å². The molecule has 0 atom stereocenters. The van der Waals surface area contributed by atoms with Crippen molar-refractivity contribution in [1.82, 2.24) is 4.90 Å². The van der Waals surface area contributed by atoms with E-state index in [2.05, 4.69) is 0 Å². The summed E-state index contributed by atoms with van der Waals surface area (Å²) in [6.45, 7) is 0.900. The lowest BCUT2D eigenvalue weighted by atomic mass is 10.2. The fourth-order valence-corrected chi connectivity index (χ4v) is 2.18. The molecular weight excluding hydrogens is 301 g/mol. The first-order valence-corrected chi connectivity index (χ1v) is 7.17. The Morgan fingerprint density at radius 3 is 2.70 bits per heavy atom. The van der Waals surface area contributed by atoms with Gasteiger partial charge in [0.05, 0.1) is 6.54 Å². The minimum Gasteiger partial charge on any atom is -0.492 e. The number of carbonyl (C=O) groups excluding carboxylic acids is 1. The number of hydrogen-bond donors (Lipinski definition) is 0. The summed E-state index contributed by atoms with van der Waals surface area (Å²) in [5.74, 6) is 1.34. The molecule has 1 amide bonds. The number of ether oxygens (including phenoxy) is 3. The van der Waals surface area contributed by atoms with Crippen LogP contribution in [0.4, 0.5) is 4.39 Å². The molecule has 3 rings (SSSR count). The van der Waals surface area contributed by atoms with Crippen LogP contribution >= 0.6 is 0 Å². The fourth-order valence-electron chi connectivity index (χ4n) is 2.18. The standard InChI is InChI=1S/C17H16FNO4/c1-19(8-9-21-14-5-3-13(18)4-6-14)17(20)12-2-7-15-16(10-12)23-11-22-15/h2-7,10H,8-9,11H2,1H3. The van der Waals surface area contributed by atoms with Gasteiger partial charge in [-0.15, -0.1) is 0 Å².